The van der Waals surface area contributed by atoms with Crippen LogP contribution in [0.25, 0.3) is 11.0 Å². The fourth-order valence-electron chi connectivity index (χ4n) is 4.13. The van der Waals surface area contributed by atoms with Crippen molar-refractivity contribution in [3.8, 4) is 11.5 Å². The number of halogens is 3. The van der Waals surface area contributed by atoms with Crippen LogP contribution in [-0.2, 0) is 17.4 Å². The number of imide groups is 1. The maximum Gasteiger partial charge on any atom is 0.417 e. The van der Waals surface area contributed by atoms with Crippen molar-refractivity contribution in [2.75, 3.05) is 20.3 Å². The van der Waals surface area contributed by atoms with E-state index in [-0.39, 0.29) is 30.2 Å². The van der Waals surface area contributed by atoms with Gasteiger partial charge in [-0.05, 0) is 56.0 Å². The number of fused-ring (bicyclic) bond motifs is 1. The number of alkyl halides is 3. The lowest BCUT2D eigenvalue weighted by Crippen LogP contribution is -2.40. The van der Waals surface area contributed by atoms with E-state index in [0.717, 1.165) is 10.5 Å². The van der Waals surface area contributed by atoms with E-state index in [1.165, 1.54) is 12.1 Å². The fraction of sp³-hybridized carbons (Fsp3) is 0.393. The number of aryl methyl sites for hydroxylation is 1. The second-order valence-electron chi connectivity index (χ2n) is 8.94. The highest BCUT2D eigenvalue weighted by atomic mass is 19.4. The van der Waals surface area contributed by atoms with E-state index < -0.39 is 23.4 Å². The molecular weight excluding hydrogens is 517 g/mol. The van der Waals surface area contributed by atoms with Crippen molar-refractivity contribution < 1.29 is 36.7 Å². The number of hydrogen-bond acceptors (Lipinski definition) is 6. The van der Waals surface area contributed by atoms with Crippen molar-refractivity contribution in [3.05, 3.63) is 69.6 Å². The fourth-order valence-corrected chi connectivity index (χ4v) is 4.13. The van der Waals surface area contributed by atoms with Crippen LogP contribution in [0.3, 0.4) is 0 Å². The molecule has 0 bridgehead atoms. The molecule has 39 heavy (non-hydrogen) atoms. The van der Waals surface area contributed by atoms with Crippen molar-refractivity contribution >= 4 is 23.4 Å². The Hall–Kier alpha value is -4.02. The molecule has 3 aromatic rings. The first-order valence-electron chi connectivity index (χ1n) is 12.5. The SMILES string of the molecule is CCCc1c(OCCCCN(C=O)C(=O)NC(C)c2ccc(OC)cc2)ccc2c(C(F)(F)F)cc(=O)oc12. The van der Waals surface area contributed by atoms with Crippen LogP contribution in [0.15, 0.2) is 51.7 Å². The molecule has 0 aliphatic heterocycles. The average Bonchev–Trinajstić information content (AvgIpc) is 2.90. The number of nitrogens with one attached hydrogen (secondary N) is 1. The van der Waals surface area contributed by atoms with Gasteiger partial charge in [-0.15, -0.1) is 0 Å². The molecule has 0 aliphatic carbocycles. The number of urea groups is 1. The van der Waals surface area contributed by atoms with Gasteiger partial charge in [0.15, 0.2) is 0 Å². The Labute approximate surface area is 223 Å². The summed E-state index contributed by atoms with van der Waals surface area (Å²) in [6.07, 6.45) is -2.41. The summed E-state index contributed by atoms with van der Waals surface area (Å²) in [6.45, 7) is 3.98. The van der Waals surface area contributed by atoms with Gasteiger partial charge in [0.05, 0.1) is 25.3 Å². The summed E-state index contributed by atoms with van der Waals surface area (Å²) in [5.74, 6) is 1.01. The van der Waals surface area contributed by atoms with Crippen LogP contribution < -0.4 is 20.4 Å². The van der Waals surface area contributed by atoms with Crippen LogP contribution in [0.2, 0.25) is 0 Å². The summed E-state index contributed by atoms with van der Waals surface area (Å²) >= 11 is 0. The minimum absolute atomic E-state index is 0.135. The zero-order chi connectivity index (χ0) is 28.6. The standard InChI is InChI=1S/C28H31F3N2O6/c1-4-7-22-24(13-12-21-23(28(29,30)31)16-25(35)39-26(21)22)38-15-6-5-14-33(17-34)27(36)32-18(2)19-8-10-20(37-3)11-9-19/h8-13,16-18H,4-7,14-15H2,1-3H3,(H,32,36). The van der Waals surface area contributed by atoms with E-state index in [9.17, 15) is 27.6 Å². The normalized spacial score (nSPS) is 12.2. The van der Waals surface area contributed by atoms with Gasteiger partial charge < -0.3 is 19.2 Å². The van der Waals surface area contributed by atoms with Crippen LogP contribution in [-0.4, -0.2) is 37.6 Å². The molecule has 0 radical (unpaired) electrons. The summed E-state index contributed by atoms with van der Waals surface area (Å²) in [5.41, 5.74) is -1.03. The van der Waals surface area contributed by atoms with Crippen molar-refractivity contribution in [1.82, 2.24) is 10.2 Å². The Morgan fingerprint density at radius 2 is 1.87 bits per heavy atom. The Morgan fingerprint density at radius 3 is 2.49 bits per heavy atom. The van der Waals surface area contributed by atoms with E-state index in [4.69, 9.17) is 13.9 Å². The quantitative estimate of drug-likeness (QED) is 0.173. The molecule has 3 rings (SSSR count). The molecule has 0 aliphatic rings. The molecule has 0 spiro atoms. The third kappa shape index (κ3) is 7.52. The third-order valence-corrected chi connectivity index (χ3v) is 6.17. The van der Waals surface area contributed by atoms with Crippen molar-refractivity contribution in [2.24, 2.45) is 0 Å². The Balaban J connectivity index is 1.59. The van der Waals surface area contributed by atoms with E-state index in [2.05, 4.69) is 5.32 Å². The summed E-state index contributed by atoms with van der Waals surface area (Å²) in [4.78, 5) is 36.9. The molecule has 1 aromatic heterocycles. The highest BCUT2D eigenvalue weighted by Crippen LogP contribution is 2.37. The van der Waals surface area contributed by atoms with Gasteiger partial charge in [0.1, 0.15) is 17.1 Å². The van der Waals surface area contributed by atoms with Crippen LogP contribution in [0.4, 0.5) is 18.0 Å². The minimum Gasteiger partial charge on any atom is -0.497 e. The van der Waals surface area contributed by atoms with E-state index in [0.29, 0.717) is 55.2 Å². The number of benzene rings is 2. The van der Waals surface area contributed by atoms with Gasteiger partial charge in [-0.2, -0.15) is 13.2 Å². The second-order valence-corrected chi connectivity index (χ2v) is 8.94. The summed E-state index contributed by atoms with van der Waals surface area (Å²) in [6, 6.07) is 9.45. The van der Waals surface area contributed by atoms with E-state index in [1.54, 1.807) is 26.2 Å². The van der Waals surface area contributed by atoms with Crippen molar-refractivity contribution in [3.63, 3.8) is 0 Å². The largest absolute Gasteiger partial charge is 0.497 e. The van der Waals surface area contributed by atoms with Gasteiger partial charge in [0, 0.05) is 23.6 Å². The Morgan fingerprint density at radius 1 is 1.15 bits per heavy atom. The Kier molecular flexibility index (Phi) is 9.97. The molecule has 1 atom stereocenters. The molecule has 1 N–H and O–H groups in total. The zero-order valence-electron chi connectivity index (χ0n) is 22.0. The lowest BCUT2D eigenvalue weighted by molar-refractivity contribution is -0.136. The molecule has 210 valence electrons. The topological polar surface area (TPSA) is 98.1 Å². The third-order valence-electron chi connectivity index (χ3n) is 6.17. The molecule has 0 saturated carbocycles. The molecule has 11 heteroatoms. The van der Waals surface area contributed by atoms with Crippen molar-refractivity contribution in [2.45, 2.75) is 51.7 Å². The Bertz CT molecular complexity index is 1340. The highest BCUT2D eigenvalue weighted by Gasteiger charge is 2.34. The monoisotopic (exact) mass is 548 g/mol. The first kappa shape index (κ1) is 29.5. The zero-order valence-corrected chi connectivity index (χ0v) is 22.0. The summed E-state index contributed by atoms with van der Waals surface area (Å²) < 4.78 is 56.5. The van der Waals surface area contributed by atoms with Crippen LogP contribution >= 0.6 is 0 Å². The maximum atomic E-state index is 13.5. The predicted molar refractivity (Wildman–Crippen MR) is 139 cm³/mol. The van der Waals surface area contributed by atoms with Gasteiger partial charge in [0.2, 0.25) is 6.41 Å². The van der Waals surface area contributed by atoms with Gasteiger partial charge in [0.25, 0.3) is 0 Å². The molecule has 1 unspecified atom stereocenters. The van der Waals surface area contributed by atoms with Gasteiger partial charge in [-0.25, -0.2) is 9.59 Å². The molecule has 3 amide bonds. The first-order chi connectivity index (χ1) is 18.6. The molecule has 8 nitrogen and oxygen atoms in total. The molecular formula is C28H31F3N2O6. The second kappa shape index (κ2) is 13.2. The number of carbonyl (C=O) groups excluding carboxylic acids is 2. The average molecular weight is 549 g/mol. The minimum atomic E-state index is -4.71. The molecule has 1 heterocycles. The lowest BCUT2D eigenvalue weighted by atomic mass is 10.0. The van der Waals surface area contributed by atoms with Gasteiger partial charge in [-0.3, -0.25) is 9.69 Å². The molecule has 2 aromatic carbocycles. The van der Waals surface area contributed by atoms with Crippen LogP contribution in [0, 0.1) is 0 Å². The number of hydrogen-bond donors (Lipinski definition) is 1. The lowest BCUT2D eigenvalue weighted by Gasteiger charge is -2.20. The number of methoxy groups -OCH3 is 1. The van der Waals surface area contributed by atoms with E-state index >= 15 is 0 Å². The predicted octanol–water partition coefficient (Wildman–Crippen LogP) is 5.86. The first-order valence-corrected chi connectivity index (χ1v) is 12.5. The number of nitrogens with zero attached hydrogens (tertiary/aromatic N) is 1. The van der Waals surface area contributed by atoms with Gasteiger partial charge in [-0.1, -0.05) is 25.5 Å². The van der Waals surface area contributed by atoms with Crippen molar-refractivity contribution in [1.29, 1.82) is 0 Å². The number of ether oxygens (including phenoxy) is 2. The van der Waals surface area contributed by atoms with Crippen LogP contribution in [0.5, 0.6) is 11.5 Å². The summed E-state index contributed by atoms with van der Waals surface area (Å²) in [5, 5.41) is 2.58. The number of amides is 3. The number of unbranched alkanes of at least 4 members (excludes halogenated alkanes) is 1. The summed E-state index contributed by atoms with van der Waals surface area (Å²) in [7, 11) is 1.56. The number of rotatable bonds is 12. The van der Waals surface area contributed by atoms with E-state index in [1.807, 2.05) is 19.1 Å². The molecule has 0 fully saturated rings. The highest BCUT2D eigenvalue weighted by molar-refractivity contribution is 5.86. The molecule has 0 saturated heterocycles. The number of carbonyl (C=O) groups is 2. The van der Waals surface area contributed by atoms with Crippen LogP contribution in [0.1, 0.15) is 55.8 Å². The van der Waals surface area contributed by atoms with Gasteiger partial charge >= 0.3 is 17.8 Å². The smallest absolute Gasteiger partial charge is 0.417 e. The maximum absolute atomic E-state index is 13.5.